The maximum absolute atomic E-state index is 11.9. The quantitative estimate of drug-likeness (QED) is 0.837. The number of aliphatic hydroxyl groups is 1. The second kappa shape index (κ2) is 6.54. The SMILES string of the molecule is O=C(NC(CCO)C1CCCCC1)c1ccon1. The monoisotopic (exact) mass is 252 g/mol. The fourth-order valence-corrected chi connectivity index (χ4v) is 2.67. The summed E-state index contributed by atoms with van der Waals surface area (Å²) in [7, 11) is 0. The first-order chi connectivity index (χ1) is 8.81. The van der Waals surface area contributed by atoms with Gasteiger partial charge in [0.15, 0.2) is 5.69 Å². The summed E-state index contributed by atoms with van der Waals surface area (Å²) in [4.78, 5) is 11.9. The Kier molecular flexibility index (Phi) is 4.75. The van der Waals surface area contributed by atoms with Crippen molar-refractivity contribution in [2.45, 2.75) is 44.6 Å². The van der Waals surface area contributed by atoms with Gasteiger partial charge in [0.1, 0.15) is 6.26 Å². The van der Waals surface area contributed by atoms with Gasteiger partial charge in [-0.2, -0.15) is 0 Å². The van der Waals surface area contributed by atoms with Crippen molar-refractivity contribution < 1.29 is 14.4 Å². The molecule has 0 bridgehead atoms. The van der Waals surface area contributed by atoms with Crippen molar-refractivity contribution in [3.8, 4) is 0 Å². The second-order valence-corrected chi connectivity index (χ2v) is 4.88. The van der Waals surface area contributed by atoms with Crippen LogP contribution in [0.15, 0.2) is 16.9 Å². The highest BCUT2D eigenvalue weighted by molar-refractivity contribution is 5.92. The topological polar surface area (TPSA) is 75.4 Å². The van der Waals surface area contributed by atoms with E-state index in [1.165, 1.54) is 25.5 Å². The van der Waals surface area contributed by atoms with Gasteiger partial charge in [-0.25, -0.2) is 0 Å². The molecule has 0 spiro atoms. The second-order valence-electron chi connectivity index (χ2n) is 4.88. The molecule has 5 nitrogen and oxygen atoms in total. The first-order valence-electron chi connectivity index (χ1n) is 6.63. The molecule has 1 amide bonds. The van der Waals surface area contributed by atoms with Crippen LogP contribution in [-0.2, 0) is 0 Å². The van der Waals surface area contributed by atoms with Crippen LogP contribution >= 0.6 is 0 Å². The predicted octanol–water partition coefficient (Wildman–Crippen LogP) is 1.74. The normalized spacial score (nSPS) is 18.5. The van der Waals surface area contributed by atoms with Crippen LogP contribution in [0, 0.1) is 5.92 Å². The number of aromatic nitrogens is 1. The van der Waals surface area contributed by atoms with Crippen molar-refractivity contribution in [2.75, 3.05) is 6.61 Å². The van der Waals surface area contributed by atoms with Gasteiger partial charge in [0.05, 0.1) is 0 Å². The van der Waals surface area contributed by atoms with Crippen LogP contribution in [0.3, 0.4) is 0 Å². The van der Waals surface area contributed by atoms with Crippen LogP contribution in [0.2, 0.25) is 0 Å². The molecule has 2 rings (SSSR count). The van der Waals surface area contributed by atoms with Crippen LogP contribution < -0.4 is 5.32 Å². The molecule has 1 unspecified atom stereocenters. The fraction of sp³-hybridized carbons (Fsp3) is 0.692. The summed E-state index contributed by atoms with van der Waals surface area (Å²) in [6.07, 6.45) is 7.96. The highest BCUT2D eigenvalue weighted by Crippen LogP contribution is 2.27. The van der Waals surface area contributed by atoms with Crippen LogP contribution in [0.1, 0.15) is 49.0 Å². The zero-order chi connectivity index (χ0) is 12.8. The summed E-state index contributed by atoms with van der Waals surface area (Å²) >= 11 is 0. The Morgan fingerprint density at radius 3 is 2.89 bits per heavy atom. The number of hydrogen-bond acceptors (Lipinski definition) is 4. The molecule has 0 radical (unpaired) electrons. The van der Waals surface area contributed by atoms with E-state index in [2.05, 4.69) is 15.0 Å². The number of carbonyl (C=O) groups excluding carboxylic acids is 1. The lowest BCUT2D eigenvalue weighted by Crippen LogP contribution is -2.41. The van der Waals surface area contributed by atoms with E-state index in [0.29, 0.717) is 18.0 Å². The maximum Gasteiger partial charge on any atom is 0.273 e. The van der Waals surface area contributed by atoms with E-state index in [-0.39, 0.29) is 18.6 Å². The smallest absolute Gasteiger partial charge is 0.273 e. The summed E-state index contributed by atoms with van der Waals surface area (Å²) in [5.74, 6) is 0.259. The van der Waals surface area contributed by atoms with Gasteiger partial charge in [-0.1, -0.05) is 24.4 Å². The summed E-state index contributed by atoms with van der Waals surface area (Å²) in [6, 6.07) is 1.59. The molecule has 0 aromatic carbocycles. The van der Waals surface area contributed by atoms with Crippen molar-refractivity contribution in [1.82, 2.24) is 10.5 Å². The van der Waals surface area contributed by atoms with Gasteiger partial charge in [-0.05, 0) is 25.2 Å². The van der Waals surface area contributed by atoms with Crippen molar-refractivity contribution >= 4 is 5.91 Å². The molecule has 2 N–H and O–H groups in total. The van der Waals surface area contributed by atoms with Gasteiger partial charge in [0.2, 0.25) is 0 Å². The van der Waals surface area contributed by atoms with Crippen molar-refractivity contribution in [3.63, 3.8) is 0 Å². The van der Waals surface area contributed by atoms with E-state index in [1.54, 1.807) is 6.07 Å². The Bertz CT molecular complexity index is 358. The molecular formula is C13H20N2O3. The minimum atomic E-state index is -0.215. The molecular weight excluding hydrogens is 232 g/mol. The summed E-state index contributed by atoms with van der Waals surface area (Å²) in [6.45, 7) is 0.0975. The van der Waals surface area contributed by atoms with Gasteiger partial charge >= 0.3 is 0 Å². The van der Waals surface area contributed by atoms with E-state index in [4.69, 9.17) is 5.11 Å². The van der Waals surface area contributed by atoms with E-state index >= 15 is 0 Å². The van der Waals surface area contributed by atoms with Crippen molar-refractivity contribution in [2.24, 2.45) is 5.92 Å². The molecule has 1 aromatic rings. The molecule has 1 heterocycles. The molecule has 1 aromatic heterocycles. The van der Waals surface area contributed by atoms with Crippen LogP contribution in [0.25, 0.3) is 0 Å². The third-order valence-corrected chi connectivity index (χ3v) is 3.65. The molecule has 1 atom stereocenters. The summed E-state index contributed by atoms with van der Waals surface area (Å²) < 4.78 is 4.66. The molecule has 1 saturated carbocycles. The largest absolute Gasteiger partial charge is 0.396 e. The van der Waals surface area contributed by atoms with E-state index < -0.39 is 0 Å². The summed E-state index contributed by atoms with van der Waals surface area (Å²) in [5.41, 5.74) is 0.300. The Hall–Kier alpha value is -1.36. The number of aliphatic hydroxyl groups excluding tert-OH is 1. The molecule has 0 saturated heterocycles. The van der Waals surface area contributed by atoms with Gasteiger partial charge in [-0.3, -0.25) is 4.79 Å². The van der Waals surface area contributed by atoms with Gasteiger partial charge < -0.3 is 14.9 Å². The predicted molar refractivity (Wildman–Crippen MR) is 66.0 cm³/mol. The molecule has 1 aliphatic rings. The number of rotatable bonds is 5. The maximum atomic E-state index is 11.9. The first-order valence-corrected chi connectivity index (χ1v) is 6.63. The van der Waals surface area contributed by atoms with Crippen molar-refractivity contribution in [1.29, 1.82) is 0 Å². The van der Waals surface area contributed by atoms with Gasteiger partial charge in [-0.15, -0.1) is 0 Å². The average Bonchev–Trinajstić information content (AvgIpc) is 2.93. The molecule has 1 aliphatic carbocycles. The van der Waals surface area contributed by atoms with E-state index in [1.807, 2.05) is 0 Å². The van der Waals surface area contributed by atoms with Crippen LogP contribution in [0.4, 0.5) is 0 Å². The van der Waals surface area contributed by atoms with Crippen molar-refractivity contribution in [3.05, 3.63) is 18.0 Å². The minimum Gasteiger partial charge on any atom is -0.396 e. The Labute approximate surface area is 107 Å². The third kappa shape index (κ3) is 3.32. The molecule has 100 valence electrons. The number of nitrogens with one attached hydrogen (secondary N) is 1. The average molecular weight is 252 g/mol. The lowest BCUT2D eigenvalue weighted by atomic mass is 9.82. The van der Waals surface area contributed by atoms with Crippen LogP contribution in [0.5, 0.6) is 0 Å². The fourth-order valence-electron chi connectivity index (χ4n) is 2.67. The van der Waals surface area contributed by atoms with Gasteiger partial charge in [0.25, 0.3) is 5.91 Å². The lowest BCUT2D eigenvalue weighted by Gasteiger charge is -2.30. The molecule has 0 aliphatic heterocycles. The Morgan fingerprint density at radius 2 is 2.28 bits per heavy atom. The third-order valence-electron chi connectivity index (χ3n) is 3.65. The summed E-state index contributed by atoms with van der Waals surface area (Å²) in [5, 5.41) is 15.7. The lowest BCUT2D eigenvalue weighted by molar-refractivity contribution is 0.0890. The number of hydrogen-bond donors (Lipinski definition) is 2. The zero-order valence-electron chi connectivity index (χ0n) is 10.5. The Morgan fingerprint density at radius 1 is 1.50 bits per heavy atom. The number of amides is 1. The van der Waals surface area contributed by atoms with E-state index in [0.717, 1.165) is 12.8 Å². The molecule has 1 fully saturated rings. The molecule has 18 heavy (non-hydrogen) atoms. The van der Waals surface area contributed by atoms with Crippen LogP contribution in [-0.4, -0.2) is 28.8 Å². The van der Waals surface area contributed by atoms with E-state index in [9.17, 15) is 4.79 Å². The standard InChI is InChI=1S/C13H20N2O3/c16-8-6-11(10-4-2-1-3-5-10)14-13(17)12-7-9-18-15-12/h7,9-11,16H,1-6,8H2,(H,14,17). The first kappa shape index (κ1) is 13.1. The number of nitrogens with zero attached hydrogens (tertiary/aromatic N) is 1. The number of carbonyl (C=O) groups is 1. The molecule has 5 heteroatoms. The highest BCUT2D eigenvalue weighted by atomic mass is 16.5. The van der Waals surface area contributed by atoms with Gasteiger partial charge in [0, 0.05) is 18.7 Å². The Balaban J connectivity index is 1.94. The highest BCUT2D eigenvalue weighted by Gasteiger charge is 2.25. The minimum absolute atomic E-state index is 0.0412. The zero-order valence-corrected chi connectivity index (χ0v) is 10.5.